The summed E-state index contributed by atoms with van der Waals surface area (Å²) in [6, 6.07) is 8.13. The minimum absolute atomic E-state index is 0.395. The molecule has 0 saturated carbocycles. The summed E-state index contributed by atoms with van der Waals surface area (Å²) in [6.45, 7) is 0.450. The fourth-order valence-corrected chi connectivity index (χ4v) is 2.35. The van der Waals surface area contributed by atoms with Gasteiger partial charge in [0.05, 0.1) is 6.61 Å². The summed E-state index contributed by atoms with van der Waals surface area (Å²) in [4.78, 5) is 11.6. The van der Waals surface area contributed by atoms with Crippen molar-refractivity contribution in [2.75, 3.05) is 6.61 Å². The van der Waals surface area contributed by atoms with Crippen LogP contribution in [0.15, 0.2) is 41.8 Å². The summed E-state index contributed by atoms with van der Waals surface area (Å²) in [7, 11) is 0. The molecule has 3 nitrogen and oxygen atoms in total. The van der Waals surface area contributed by atoms with Crippen molar-refractivity contribution in [3.05, 3.63) is 58.0 Å². The molecule has 0 atom stereocenters. The van der Waals surface area contributed by atoms with Gasteiger partial charge in [-0.25, -0.2) is 9.18 Å². The highest BCUT2D eigenvalue weighted by molar-refractivity contribution is 7.09. The van der Waals surface area contributed by atoms with E-state index in [1.807, 2.05) is 17.5 Å². The third kappa shape index (κ3) is 4.51. The molecule has 5 heteroatoms. The first-order chi connectivity index (χ1) is 9.63. The zero-order valence-corrected chi connectivity index (χ0v) is 11.4. The Labute approximate surface area is 119 Å². The van der Waals surface area contributed by atoms with E-state index >= 15 is 0 Å². The van der Waals surface area contributed by atoms with Gasteiger partial charge < -0.3 is 9.84 Å². The average molecular weight is 292 g/mol. The van der Waals surface area contributed by atoms with Crippen LogP contribution in [-0.4, -0.2) is 17.7 Å². The van der Waals surface area contributed by atoms with E-state index in [1.165, 1.54) is 23.1 Å². The molecule has 0 aliphatic heterocycles. The van der Waals surface area contributed by atoms with Gasteiger partial charge in [0, 0.05) is 23.4 Å². The van der Waals surface area contributed by atoms with Crippen LogP contribution in [0.2, 0.25) is 0 Å². The molecule has 0 amide bonds. The molecule has 1 aromatic heterocycles. The molecule has 0 unspecified atom stereocenters. The Morgan fingerprint density at radius 2 is 2.25 bits per heavy atom. The molecule has 2 rings (SSSR count). The predicted octanol–water partition coefficient (Wildman–Crippen LogP) is 3.61. The second kappa shape index (κ2) is 6.86. The maximum Gasteiger partial charge on any atom is 0.328 e. The quantitative estimate of drug-likeness (QED) is 0.827. The van der Waals surface area contributed by atoms with Gasteiger partial charge in [0.2, 0.25) is 0 Å². The molecule has 2 aromatic rings. The predicted molar refractivity (Wildman–Crippen MR) is 76.6 cm³/mol. The van der Waals surface area contributed by atoms with Gasteiger partial charge in [-0.05, 0) is 35.2 Å². The summed E-state index contributed by atoms with van der Waals surface area (Å²) in [5.74, 6) is -1.13. The van der Waals surface area contributed by atoms with E-state index in [0.717, 1.165) is 12.5 Å². The molecule has 1 heterocycles. The van der Waals surface area contributed by atoms with Crippen LogP contribution < -0.4 is 4.74 Å². The number of carboxylic acids is 1. The fraction of sp³-hybridized carbons (Fsp3) is 0.133. The lowest BCUT2D eigenvalue weighted by atomic mass is 10.2. The van der Waals surface area contributed by atoms with Crippen molar-refractivity contribution in [1.82, 2.24) is 0 Å². The zero-order chi connectivity index (χ0) is 14.4. The van der Waals surface area contributed by atoms with Gasteiger partial charge in [0.1, 0.15) is 11.6 Å². The van der Waals surface area contributed by atoms with Crippen molar-refractivity contribution in [3.8, 4) is 5.75 Å². The van der Waals surface area contributed by atoms with Crippen LogP contribution in [0.4, 0.5) is 4.39 Å². The number of benzene rings is 1. The van der Waals surface area contributed by atoms with E-state index in [2.05, 4.69) is 0 Å². The molecule has 0 radical (unpaired) electrons. The topological polar surface area (TPSA) is 46.5 Å². The SMILES string of the molecule is O=C(O)/C=C/c1cc(F)cc(OCCc2cccs2)c1. The number of aliphatic carboxylic acids is 1. The Hall–Kier alpha value is -2.14. The van der Waals surface area contributed by atoms with Gasteiger partial charge in [-0.2, -0.15) is 0 Å². The van der Waals surface area contributed by atoms with E-state index in [1.54, 1.807) is 17.4 Å². The molecule has 0 aliphatic carbocycles. The van der Waals surface area contributed by atoms with Crippen LogP contribution in [0.5, 0.6) is 5.75 Å². The summed E-state index contributed by atoms with van der Waals surface area (Å²) in [6.07, 6.45) is 3.05. The number of halogens is 1. The highest BCUT2D eigenvalue weighted by Gasteiger charge is 2.01. The number of carboxylic acid groups (broad SMARTS) is 1. The number of rotatable bonds is 6. The van der Waals surface area contributed by atoms with E-state index in [-0.39, 0.29) is 0 Å². The van der Waals surface area contributed by atoms with Crippen molar-refractivity contribution < 1.29 is 19.0 Å². The van der Waals surface area contributed by atoms with Crippen molar-refractivity contribution in [2.45, 2.75) is 6.42 Å². The molecule has 1 N–H and O–H groups in total. The Balaban J connectivity index is 1.98. The fourth-order valence-electron chi connectivity index (χ4n) is 1.66. The minimum Gasteiger partial charge on any atom is -0.493 e. The van der Waals surface area contributed by atoms with Crippen LogP contribution >= 0.6 is 11.3 Å². The lowest BCUT2D eigenvalue weighted by Crippen LogP contribution is -2.00. The monoisotopic (exact) mass is 292 g/mol. The third-order valence-corrected chi connectivity index (χ3v) is 3.45. The molecule has 20 heavy (non-hydrogen) atoms. The Bertz CT molecular complexity index is 606. The van der Waals surface area contributed by atoms with E-state index in [0.29, 0.717) is 17.9 Å². The first-order valence-electron chi connectivity index (χ1n) is 6.00. The molecular formula is C15H13FO3S. The summed E-state index contributed by atoms with van der Waals surface area (Å²) < 4.78 is 18.9. The molecule has 0 spiro atoms. The minimum atomic E-state index is -1.07. The van der Waals surface area contributed by atoms with Gasteiger partial charge >= 0.3 is 5.97 Å². The summed E-state index contributed by atoms with van der Waals surface area (Å²) >= 11 is 1.65. The van der Waals surface area contributed by atoms with Crippen LogP contribution in [0, 0.1) is 5.82 Å². The highest BCUT2D eigenvalue weighted by atomic mass is 32.1. The van der Waals surface area contributed by atoms with E-state index in [4.69, 9.17) is 9.84 Å². The molecular weight excluding hydrogens is 279 g/mol. The standard InChI is InChI=1S/C15H13FO3S/c16-12-8-11(3-4-15(17)18)9-13(10-12)19-6-5-14-2-1-7-20-14/h1-4,7-10H,5-6H2,(H,17,18)/b4-3+. The lowest BCUT2D eigenvalue weighted by molar-refractivity contribution is -0.131. The zero-order valence-electron chi connectivity index (χ0n) is 10.6. The maximum atomic E-state index is 13.4. The number of thiophene rings is 1. The van der Waals surface area contributed by atoms with Crippen molar-refractivity contribution in [2.24, 2.45) is 0 Å². The Kier molecular flexibility index (Phi) is 4.90. The molecule has 0 aliphatic rings. The molecule has 104 valence electrons. The van der Waals surface area contributed by atoms with Crippen LogP contribution in [0.3, 0.4) is 0 Å². The largest absolute Gasteiger partial charge is 0.493 e. The van der Waals surface area contributed by atoms with Crippen molar-refractivity contribution in [3.63, 3.8) is 0 Å². The number of hydrogen-bond donors (Lipinski definition) is 1. The smallest absolute Gasteiger partial charge is 0.328 e. The molecule has 0 saturated heterocycles. The summed E-state index contributed by atoms with van der Waals surface area (Å²) in [5.41, 5.74) is 0.457. The van der Waals surface area contributed by atoms with Crippen molar-refractivity contribution in [1.29, 1.82) is 0 Å². The van der Waals surface area contributed by atoms with E-state index in [9.17, 15) is 9.18 Å². The number of ether oxygens (including phenoxy) is 1. The highest BCUT2D eigenvalue weighted by Crippen LogP contribution is 2.18. The first kappa shape index (κ1) is 14.3. The van der Waals surface area contributed by atoms with Gasteiger partial charge in [0.25, 0.3) is 0 Å². The first-order valence-corrected chi connectivity index (χ1v) is 6.88. The van der Waals surface area contributed by atoms with Crippen molar-refractivity contribution >= 4 is 23.4 Å². The average Bonchev–Trinajstić information content (AvgIpc) is 2.89. The number of carbonyl (C=O) groups is 1. The molecule has 0 bridgehead atoms. The third-order valence-electron chi connectivity index (χ3n) is 2.51. The Morgan fingerprint density at radius 3 is 2.95 bits per heavy atom. The second-order valence-electron chi connectivity index (χ2n) is 4.07. The van der Waals surface area contributed by atoms with Gasteiger partial charge in [-0.1, -0.05) is 6.07 Å². The number of hydrogen-bond acceptors (Lipinski definition) is 3. The molecule has 0 fully saturated rings. The lowest BCUT2D eigenvalue weighted by Gasteiger charge is -2.06. The van der Waals surface area contributed by atoms with Gasteiger partial charge in [-0.3, -0.25) is 0 Å². The maximum absolute atomic E-state index is 13.4. The summed E-state index contributed by atoms with van der Waals surface area (Å²) in [5, 5.41) is 10.5. The molecule has 1 aromatic carbocycles. The Morgan fingerprint density at radius 1 is 1.40 bits per heavy atom. The van der Waals surface area contributed by atoms with Gasteiger partial charge in [-0.15, -0.1) is 11.3 Å². The normalized spacial score (nSPS) is 10.8. The van der Waals surface area contributed by atoms with Crippen LogP contribution in [-0.2, 0) is 11.2 Å². The second-order valence-corrected chi connectivity index (χ2v) is 5.10. The van der Waals surface area contributed by atoms with E-state index < -0.39 is 11.8 Å². The van der Waals surface area contributed by atoms with Crippen LogP contribution in [0.25, 0.3) is 6.08 Å². The van der Waals surface area contributed by atoms with Crippen LogP contribution in [0.1, 0.15) is 10.4 Å². The van der Waals surface area contributed by atoms with Gasteiger partial charge in [0.15, 0.2) is 0 Å².